The molecule has 156 valence electrons. The summed E-state index contributed by atoms with van der Waals surface area (Å²) in [6.07, 6.45) is 1.85. The molecule has 0 saturated heterocycles. The van der Waals surface area contributed by atoms with Gasteiger partial charge in [0.25, 0.3) is 11.1 Å². The zero-order valence-corrected chi connectivity index (χ0v) is 17.0. The SMILES string of the molecule is Cc1[nH]n2c(=O)c3c(nc2c1-c1ccccc1)CN(C(=O)CCn1ccccc1=O)C3. The maximum atomic E-state index is 13.1. The average Bonchev–Trinajstić information content (AvgIpc) is 3.35. The number of pyridine rings is 1. The van der Waals surface area contributed by atoms with Gasteiger partial charge in [0.2, 0.25) is 5.91 Å². The van der Waals surface area contributed by atoms with Gasteiger partial charge in [0.15, 0.2) is 5.65 Å². The maximum Gasteiger partial charge on any atom is 0.278 e. The number of nitrogens with one attached hydrogen (secondary N) is 1. The van der Waals surface area contributed by atoms with Crippen LogP contribution < -0.4 is 11.1 Å². The summed E-state index contributed by atoms with van der Waals surface area (Å²) in [5.41, 5.74) is 4.13. The number of fused-ring (bicyclic) bond motifs is 2. The third kappa shape index (κ3) is 3.26. The number of hydrogen-bond donors (Lipinski definition) is 1. The lowest BCUT2D eigenvalue weighted by molar-refractivity contribution is -0.132. The van der Waals surface area contributed by atoms with Crippen LogP contribution in [-0.2, 0) is 24.4 Å². The van der Waals surface area contributed by atoms with Gasteiger partial charge in [0, 0.05) is 36.5 Å². The lowest BCUT2D eigenvalue weighted by Crippen LogP contribution is -2.29. The number of aromatic nitrogens is 4. The molecule has 0 radical (unpaired) electrons. The number of benzene rings is 1. The Morgan fingerprint density at radius 1 is 1.06 bits per heavy atom. The largest absolute Gasteiger partial charge is 0.332 e. The van der Waals surface area contributed by atoms with Crippen LogP contribution in [-0.4, -0.2) is 30.0 Å². The Balaban J connectivity index is 1.44. The van der Waals surface area contributed by atoms with Crippen molar-refractivity contribution in [2.45, 2.75) is 33.0 Å². The first-order valence-electron chi connectivity index (χ1n) is 10.1. The number of aromatic amines is 1. The Labute approximate surface area is 177 Å². The van der Waals surface area contributed by atoms with Crippen molar-refractivity contribution >= 4 is 11.6 Å². The minimum absolute atomic E-state index is 0.110. The summed E-state index contributed by atoms with van der Waals surface area (Å²) in [6.45, 7) is 2.74. The number of amides is 1. The van der Waals surface area contributed by atoms with Crippen molar-refractivity contribution in [3.8, 4) is 11.1 Å². The molecule has 0 bridgehead atoms. The number of hydrogen-bond acceptors (Lipinski definition) is 4. The van der Waals surface area contributed by atoms with E-state index in [9.17, 15) is 14.4 Å². The highest BCUT2D eigenvalue weighted by Gasteiger charge is 2.29. The average molecular weight is 415 g/mol. The Bertz CT molecular complexity index is 1410. The van der Waals surface area contributed by atoms with E-state index in [1.807, 2.05) is 37.3 Å². The second kappa shape index (κ2) is 7.39. The molecule has 0 atom stereocenters. The van der Waals surface area contributed by atoms with E-state index in [-0.39, 0.29) is 30.0 Å². The van der Waals surface area contributed by atoms with Gasteiger partial charge in [-0.1, -0.05) is 36.4 Å². The molecule has 1 aromatic carbocycles. The van der Waals surface area contributed by atoms with Gasteiger partial charge >= 0.3 is 0 Å². The quantitative estimate of drug-likeness (QED) is 0.552. The molecule has 5 rings (SSSR count). The van der Waals surface area contributed by atoms with Gasteiger partial charge in [-0.3, -0.25) is 19.5 Å². The van der Waals surface area contributed by atoms with Crippen molar-refractivity contribution in [3.05, 3.63) is 92.4 Å². The smallest absolute Gasteiger partial charge is 0.278 e. The summed E-state index contributed by atoms with van der Waals surface area (Å²) >= 11 is 0. The molecule has 0 spiro atoms. The molecule has 0 fully saturated rings. The van der Waals surface area contributed by atoms with E-state index in [4.69, 9.17) is 4.98 Å². The lowest BCUT2D eigenvalue weighted by atomic mass is 10.1. The minimum Gasteiger partial charge on any atom is -0.332 e. The molecule has 8 heteroatoms. The Morgan fingerprint density at radius 2 is 1.84 bits per heavy atom. The van der Waals surface area contributed by atoms with E-state index in [2.05, 4.69) is 5.10 Å². The predicted octanol–water partition coefficient (Wildman–Crippen LogP) is 2.09. The van der Waals surface area contributed by atoms with Crippen LogP contribution in [0.2, 0.25) is 0 Å². The first kappa shape index (κ1) is 19.0. The highest BCUT2D eigenvalue weighted by atomic mass is 16.2. The molecule has 0 unspecified atom stereocenters. The molecule has 4 aromatic rings. The van der Waals surface area contributed by atoms with Crippen molar-refractivity contribution < 1.29 is 4.79 Å². The van der Waals surface area contributed by atoms with Crippen LogP contribution in [0.3, 0.4) is 0 Å². The number of carbonyl (C=O) groups is 1. The fraction of sp³-hybridized carbons (Fsp3) is 0.217. The van der Waals surface area contributed by atoms with Crippen LogP contribution in [0.15, 0.2) is 64.3 Å². The molecule has 8 nitrogen and oxygen atoms in total. The molecule has 1 aliphatic heterocycles. The highest BCUT2D eigenvalue weighted by Crippen LogP contribution is 2.28. The number of rotatable bonds is 4. The van der Waals surface area contributed by atoms with Crippen molar-refractivity contribution in [1.29, 1.82) is 0 Å². The van der Waals surface area contributed by atoms with E-state index in [0.29, 0.717) is 30.0 Å². The van der Waals surface area contributed by atoms with Crippen molar-refractivity contribution in [1.82, 2.24) is 24.1 Å². The number of nitrogens with zero attached hydrogens (tertiary/aromatic N) is 4. The van der Waals surface area contributed by atoms with E-state index < -0.39 is 0 Å². The second-order valence-corrected chi connectivity index (χ2v) is 7.71. The van der Waals surface area contributed by atoms with Crippen LogP contribution in [0.25, 0.3) is 16.8 Å². The standard InChI is InChI=1S/C23H21N5O3/c1-15-21(16-7-3-2-4-8-16)22-24-18-14-27(13-17(18)23(31)28(22)25-15)20(30)10-12-26-11-6-5-9-19(26)29/h2-9,11,25H,10,12-14H2,1H3. The monoisotopic (exact) mass is 415 g/mol. The van der Waals surface area contributed by atoms with E-state index in [1.165, 1.54) is 15.1 Å². The van der Waals surface area contributed by atoms with E-state index in [1.54, 1.807) is 23.2 Å². The molecule has 0 aliphatic carbocycles. The topological polar surface area (TPSA) is 92.5 Å². The fourth-order valence-electron chi connectivity index (χ4n) is 4.13. The number of carbonyl (C=O) groups excluding carboxylic acids is 1. The van der Waals surface area contributed by atoms with Crippen LogP contribution in [0, 0.1) is 6.92 Å². The molecule has 4 heterocycles. The third-order valence-corrected chi connectivity index (χ3v) is 5.71. The molecule has 31 heavy (non-hydrogen) atoms. The Kier molecular flexibility index (Phi) is 4.54. The molecule has 3 aromatic heterocycles. The van der Waals surface area contributed by atoms with Gasteiger partial charge < -0.3 is 9.47 Å². The van der Waals surface area contributed by atoms with E-state index in [0.717, 1.165) is 16.8 Å². The fourth-order valence-corrected chi connectivity index (χ4v) is 4.13. The summed E-state index contributed by atoms with van der Waals surface area (Å²) in [5, 5.41) is 3.12. The first-order valence-corrected chi connectivity index (χ1v) is 10.1. The van der Waals surface area contributed by atoms with Gasteiger partial charge in [-0.25, -0.2) is 9.50 Å². The predicted molar refractivity (Wildman–Crippen MR) is 116 cm³/mol. The highest BCUT2D eigenvalue weighted by molar-refractivity contribution is 5.80. The minimum atomic E-state index is -0.181. The number of aryl methyl sites for hydroxylation is 2. The van der Waals surface area contributed by atoms with Crippen LogP contribution in [0.5, 0.6) is 0 Å². The van der Waals surface area contributed by atoms with Crippen LogP contribution >= 0.6 is 0 Å². The zero-order chi connectivity index (χ0) is 21.5. The first-order chi connectivity index (χ1) is 15.0. The summed E-state index contributed by atoms with van der Waals surface area (Å²) in [6, 6.07) is 14.7. The summed E-state index contributed by atoms with van der Waals surface area (Å²) < 4.78 is 2.97. The van der Waals surface area contributed by atoms with Gasteiger partial charge in [-0.15, -0.1) is 0 Å². The number of H-pyrrole nitrogens is 1. The van der Waals surface area contributed by atoms with Crippen molar-refractivity contribution in [3.63, 3.8) is 0 Å². The molecule has 1 amide bonds. The van der Waals surface area contributed by atoms with Gasteiger partial charge in [-0.2, -0.15) is 0 Å². The Morgan fingerprint density at radius 3 is 2.61 bits per heavy atom. The van der Waals surface area contributed by atoms with Crippen molar-refractivity contribution in [2.75, 3.05) is 0 Å². The van der Waals surface area contributed by atoms with Gasteiger partial charge in [0.1, 0.15) is 0 Å². The van der Waals surface area contributed by atoms with Gasteiger partial charge in [-0.05, 0) is 18.6 Å². The molecular weight excluding hydrogens is 394 g/mol. The summed E-state index contributed by atoms with van der Waals surface area (Å²) in [5.74, 6) is -0.110. The zero-order valence-electron chi connectivity index (χ0n) is 17.0. The van der Waals surface area contributed by atoms with Crippen molar-refractivity contribution in [2.24, 2.45) is 0 Å². The van der Waals surface area contributed by atoms with Crippen LogP contribution in [0.4, 0.5) is 0 Å². The summed E-state index contributed by atoms with van der Waals surface area (Å²) in [7, 11) is 0. The third-order valence-electron chi connectivity index (χ3n) is 5.71. The van der Waals surface area contributed by atoms with E-state index >= 15 is 0 Å². The molecule has 1 N–H and O–H groups in total. The van der Waals surface area contributed by atoms with Crippen LogP contribution in [0.1, 0.15) is 23.4 Å². The summed E-state index contributed by atoms with van der Waals surface area (Å²) in [4.78, 5) is 44.1. The Hall–Kier alpha value is -3.94. The molecule has 0 saturated carbocycles. The maximum absolute atomic E-state index is 13.1. The second-order valence-electron chi connectivity index (χ2n) is 7.71. The molecular formula is C23H21N5O3. The van der Waals surface area contributed by atoms with Gasteiger partial charge in [0.05, 0.1) is 24.3 Å². The lowest BCUT2D eigenvalue weighted by Gasteiger charge is -2.15. The normalized spacial score (nSPS) is 13.0. The molecule has 1 aliphatic rings.